The molecule has 0 aliphatic carbocycles. The number of hydrogen-bond donors (Lipinski definition) is 1. The third-order valence-electron chi connectivity index (χ3n) is 4.25. The van der Waals surface area contributed by atoms with Gasteiger partial charge in [0, 0.05) is 17.0 Å². The molecule has 4 nitrogen and oxygen atoms in total. The lowest BCUT2D eigenvalue weighted by Crippen LogP contribution is -2.15. The van der Waals surface area contributed by atoms with Crippen molar-refractivity contribution in [3.05, 3.63) is 54.6 Å². The zero-order valence-corrected chi connectivity index (χ0v) is 13.8. The number of aromatic nitrogens is 2. The van der Waals surface area contributed by atoms with Crippen molar-refractivity contribution in [1.82, 2.24) is 9.97 Å². The highest BCUT2D eigenvalue weighted by atomic mass is 16.3. The van der Waals surface area contributed by atoms with Crippen molar-refractivity contribution in [2.24, 2.45) is 0 Å². The van der Waals surface area contributed by atoms with Gasteiger partial charge in [-0.3, -0.25) is 0 Å². The zero-order chi connectivity index (χ0) is 16.5. The van der Waals surface area contributed by atoms with Crippen LogP contribution >= 0.6 is 0 Å². The van der Waals surface area contributed by atoms with Crippen LogP contribution in [0.5, 0.6) is 0 Å². The first-order valence-corrected chi connectivity index (χ1v) is 8.27. The molecule has 24 heavy (non-hydrogen) atoms. The van der Waals surface area contributed by atoms with E-state index in [4.69, 9.17) is 14.4 Å². The summed E-state index contributed by atoms with van der Waals surface area (Å²) in [5.74, 6) is 1.46. The van der Waals surface area contributed by atoms with E-state index in [-0.39, 0.29) is 0 Å². The first kappa shape index (κ1) is 14.7. The summed E-state index contributed by atoms with van der Waals surface area (Å²) in [5, 5.41) is 4.47. The summed E-state index contributed by atoms with van der Waals surface area (Å²) < 4.78 is 6.03. The molecule has 0 unspecified atom stereocenters. The van der Waals surface area contributed by atoms with E-state index in [0.29, 0.717) is 11.9 Å². The van der Waals surface area contributed by atoms with E-state index in [2.05, 4.69) is 19.2 Å². The maximum atomic E-state index is 6.03. The summed E-state index contributed by atoms with van der Waals surface area (Å²) >= 11 is 0. The van der Waals surface area contributed by atoms with E-state index in [1.165, 1.54) is 0 Å². The normalized spacial score (nSPS) is 12.6. The molecule has 4 rings (SSSR count). The van der Waals surface area contributed by atoms with Crippen LogP contribution in [-0.2, 0) is 0 Å². The number of anilines is 1. The van der Waals surface area contributed by atoms with Gasteiger partial charge < -0.3 is 9.73 Å². The molecular formula is C20H19N3O. The van der Waals surface area contributed by atoms with E-state index >= 15 is 0 Å². The second kappa shape index (κ2) is 5.96. The fourth-order valence-corrected chi connectivity index (χ4v) is 2.74. The lowest BCUT2D eigenvalue weighted by atomic mass is 10.2. The number of fused-ring (bicyclic) bond motifs is 3. The van der Waals surface area contributed by atoms with E-state index in [9.17, 15) is 0 Å². The maximum absolute atomic E-state index is 6.03. The third kappa shape index (κ3) is 2.50. The number of hydrogen-bond acceptors (Lipinski definition) is 4. The van der Waals surface area contributed by atoms with Crippen molar-refractivity contribution >= 4 is 27.9 Å². The fraction of sp³-hybridized carbons (Fsp3) is 0.200. The average molecular weight is 317 g/mol. The SMILES string of the molecule is CC[C@@H](C)Nc1nc(-c2ccccc2)nc2c1oc1ccccc12. The molecule has 0 radical (unpaired) electrons. The van der Waals surface area contributed by atoms with Gasteiger partial charge in [-0.1, -0.05) is 49.4 Å². The van der Waals surface area contributed by atoms with Crippen LogP contribution in [0.15, 0.2) is 59.0 Å². The molecule has 4 heteroatoms. The highest BCUT2D eigenvalue weighted by Gasteiger charge is 2.17. The minimum atomic E-state index is 0.305. The molecule has 4 aromatic rings. The first-order valence-electron chi connectivity index (χ1n) is 8.27. The van der Waals surface area contributed by atoms with Gasteiger partial charge in [-0.05, 0) is 25.5 Å². The van der Waals surface area contributed by atoms with Gasteiger partial charge >= 0.3 is 0 Å². The van der Waals surface area contributed by atoms with E-state index < -0.39 is 0 Å². The molecule has 0 spiro atoms. The minimum Gasteiger partial charge on any atom is -0.450 e. The van der Waals surface area contributed by atoms with Crippen LogP contribution < -0.4 is 5.32 Å². The summed E-state index contributed by atoms with van der Waals surface area (Å²) in [6.07, 6.45) is 1.01. The molecule has 1 atom stereocenters. The second-order valence-electron chi connectivity index (χ2n) is 5.99. The molecule has 2 aromatic heterocycles. The van der Waals surface area contributed by atoms with Crippen molar-refractivity contribution in [2.75, 3.05) is 5.32 Å². The van der Waals surface area contributed by atoms with Crippen molar-refractivity contribution in [1.29, 1.82) is 0 Å². The molecule has 0 saturated carbocycles. The Balaban J connectivity index is 1.99. The second-order valence-corrected chi connectivity index (χ2v) is 5.99. The molecule has 0 aliphatic heterocycles. The number of nitrogens with zero attached hydrogens (tertiary/aromatic N) is 2. The number of nitrogens with one attached hydrogen (secondary N) is 1. The van der Waals surface area contributed by atoms with Gasteiger partial charge in [-0.15, -0.1) is 0 Å². The lowest BCUT2D eigenvalue weighted by molar-refractivity contribution is 0.663. The molecule has 0 saturated heterocycles. The summed E-state index contributed by atoms with van der Waals surface area (Å²) in [6, 6.07) is 18.3. The predicted octanol–water partition coefficient (Wildman–Crippen LogP) is 5.25. The first-order chi connectivity index (χ1) is 11.8. The molecule has 0 aliphatic rings. The minimum absolute atomic E-state index is 0.305. The van der Waals surface area contributed by atoms with Crippen molar-refractivity contribution in [2.45, 2.75) is 26.3 Å². The predicted molar refractivity (Wildman–Crippen MR) is 98.1 cm³/mol. The Hall–Kier alpha value is -2.88. The van der Waals surface area contributed by atoms with Gasteiger partial charge in [-0.25, -0.2) is 9.97 Å². The fourth-order valence-electron chi connectivity index (χ4n) is 2.74. The Bertz CT molecular complexity index is 992. The molecule has 0 bridgehead atoms. The van der Waals surface area contributed by atoms with E-state index in [1.807, 2.05) is 54.6 Å². The average Bonchev–Trinajstić information content (AvgIpc) is 3.01. The highest BCUT2D eigenvalue weighted by Crippen LogP contribution is 2.33. The summed E-state index contributed by atoms with van der Waals surface area (Å²) in [4.78, 5) is 9.52. The Morgan fingerprint density at radius 2 is 1.75 bits per heavy atom. The van der Waals surface area contributed by atoms with Gasteiger partial charge in [0.25, 0.3) is 0 Å². The monoisotopic (exact) mass is 317 g/mol. The molecule has 0 fully saturated rings. The number of benzene rings is 2. The molecule has 2 aromatic carbocycles. The number of para-hydroxylation sites is 1. The van der Waals surface area contributed by atoms with Crippen LogP contribution in [0.2, 0.25) is 0 Å². The Morgan fingerprint density at radius 3 is 2.54 bits per heavy atom. The summed E-state index contributed by atoms with van der Waals surface area (Å²) in [6.45, 7) is 4.28. The number of furan rings is 1. The van der Waals surface area contributed by atoms with Crippen LogP contribution in [0.4, 0.5) is 5.82 Å². The quantitative estimate of drug-likeness (QED) is 0.558. The summed E-state index contributed by atoms with van der Waals surface area (Å²) in [7, 11) is 0. The van der Waals surface area contributed by atoms with Crippen molar-refractivity contribution < 1.29 is 4.42 Å². The van der Waals surface area contributed by atoms with E-state index in [0.717, 1.165) is 39.9 Å². The van der Waals surface area contributed by atoms with Crippen LogP contribution in [0.25, 0.3) is 33.5 Å². The van der Waals surface area contributed by atoms with Crippen molar-refractivity contribution in [3.63, 3.8) is 0 Å². The van der Waals surface area contributed by atoms with Crippen LogP contribution in [-0.4, -0.2) is 16.0 Å². The standard InChI is InChI=1S/C20H19N3O/c1-3-13(2)21-20-18-17(15-11-7-8-12-16(15)24-18)22-19(23-20)14-9-5-4-6-10-14/h4-13H,3H2,1-2H3,(H,21,22,23)/t13-/m1/s1. The number of rotatable bonds is 4. The smallest absolute Gasteiger partial charge is 0.196 e. The topological polar surface area (TPSA) is 51.0 Å². The largest absolute Gasteiger partial charge is 0.450 e. The van der Waals surface area contributed by atoms with Gasteiger partial charge in [0.1, 0.15) is 11.1 Å². The molecule has 0 amide bonds. The van der Waals surface area contributed by atoms with Gasteiger partial charge in [0.15, 0.2) is 17.2 Å². The molecular weight excluding hydrogens is 298 g/mol. The maximum Gasteiger partial charge on any atom is 0.196 e. The Kier molecular flexibility index (Phi) is 3.65. The van der Waals surface area contributed by atoms with Crippen LogP contribution in [0.3, 0.4) is 0 Å². The molecule has 2 heterocycles. The van der Waals surface area contributed by atoms with E-state index in [1.54, 1.807) is 0 Å². The van der Waals surface area contributed by atoms with Crippen LogP contribution in [0.1, 0.15) is 20.3 Å². The third-order valence-corrected chi connectivity index (χ3v) is 4.25. The summed E-state index contributed by atoms with van der Waals surface area (Å²) in [5.41, 5.74) is 3.40. The molecule has 1 N–H and O–H groups in total. The highest BCUT2D eigenvalue weighted by molar-refractivity contribution is 6.06. The van der Waals surface area contributed by atoms with Gasteiger partial charge in [0.2, 0.25) is 0 Å². The van der Waals surface area contributed by atoms with Gasteiger partial charge in [-0.2, -0.15) is 0 Å². The van der Waals surface area contributed by atoms with Crippen LogP contribution in [0, 0.1) is 0 Å². The Labute approximate surface area is 140 Å². The van der Waals surface area contributed by atoms with Gasteiger partial charge in [0.05, 0.1) is 0 Å². The Morgan fingerprint density at radius 1 is 1.00 bits per heavy atom. The van der Waals surface area contributed by atoms with Crippen molar-refractivity contribution in [3.8, 4) is 11.4 Å². The zero-order valence-electron chi connectivity index (χ0n) is 13.8. The molecule has 120 valence electrons. The lowest BCUT2D eigenvalue weighted by Gasteiger charge is -2.13.